The molecule has 0 spiro atoms. The van der Waals surface area contributed by atoms with Crippen LogP contribution in [0.5, 0.6) is 0 Å². The summed E-state index contributed by atoms with van der Waals surface area (Å²) in [6, 6.07) is 8.44. The van der Waals surface area contributed by atoms with Crippen LogP contribution in [-0.2, 0) is 13.0 Å². The van der Waals surface area contributed by atoms with Crippen LogP contribution in [0.25, 0.3) is 10.2 Å². The van der Waals surface area contributed by atoms with E-state index >= 15 is 0 Å². The summed E-state index contributed by atoms with van der Waals surface area (Å²) in [6.45, 7) is 10.9. The second kappa shape index (κ2) is 8.55. The molecule has 2 aliphatic rings. The van der Waals surface area contributed by atoms with Gasteiger partial charge >= 0.3 is 0 Å². The lowest BCUT2D eigenvalue weighted by Crippen LogP contribution is -2.46. The molecule has 4 heterocycles. The van der Waals surface area contributed by atoms with Crippen LogP contribution in [0, 0.1) is 6.92 Å². The van der Waals surface area contributed by atoms with Gasteiger partial charge in [0, 0.05) is 39.3 Å². The van der Waals surface area contributed by atoms with Crippen LogP contribution < -0.4 is 4.90 Å². The van der Waals surface area contributed by atoms with Crippen molar-refractivity contribution in [1.29, 1.82) is 0 Å². The molecular formula is C24H29N5OS. The van der Waals surface area contributed by atoms with E-state index in [1.807, 2.05) is 4.90 Å². The molecule has 5 rings (SSSR count). The maximum atomic E-state index is 13.5. The Labute approximate surface area is 187 Å². The number of hydrogen-bond donors (Lipinski definition) is 0. The highest BCUT2D eigenvalue weighted by Crippen LogP contribution is 2.36. The summed E-state index contributed by atoms with van der Waals surface area (Å²) in [5.41, 5.74) is 3.64. The van der Waals surface area contributed by atoms with Gasteiger partial charge in [-0.3, -0.25) is 9.69 Å². The van der Waals surface area contributed by atoms with Gasteiger partial charge in [-0.2, -0.15) is 0 Å². The molecule has 1 fully saturated rings. The summed E-state index contributed by atoms with van der Waals surface area (Å²) in [6.07, 6.45) is 3.75. The summed E-state index contributed by atoms with van der Waals surface area (Å²) in [5.74, 6) is 1.10. The van der Waals surface area contributed by atoms with Crippen LogP contribution in [0.3, 0.4) is 0 Å². The van der Waals surface area contributed by atoms with Crippen molar-refractivity contribution < 1.29 is 4.79 Å². The summed E-state index contributed by atoms with van der Waals surface area (Å²) >= 11 is 1.51. The van der Waals surface area contributed by atoms with E-state index in [1.54, 1.807) is 6.33 Å². The van der Waals surface area contributed by atoms with Gasteiger partial charge in [-0.15, -0.1) is 11.3 Å². The quantitative estimate of drug-likeness (QED) is 0.625. The third-order valence-corrected chi connectivity index (χ3v) is 7.72. The lowest BCUT2D eigenvalue weighted by atomic mass is 9.99. The highest BCUT2D eigenvalue weighted by atomic mass is 32.1. The lowest BCUT2D eigenvalue weighted by molar-refractivity contribution is 0.0739. The number of carbonyl (C=O) groups is 1. The van der Waals surface area contributed by atoms with Crippen molar-refractivity contribution in [2.24, 2.45) is 0 Å². The fourth-order valence-corrected chi connectivity index (χ4v) is 5.92. The van der Waals surface area contributed by atoms with E-state index in [1.165, 1.54) is 28.9 Å². The van der Waals surface area contributed by atoms with Crippen molar-refractivity contribution >= 4 is 33.3 Å². The predicted molar refractivity (Wildman–Crippen MR) is 126 cm³/mol. The number of carbonyl (C=O) groups excluding carboxylic acids is 1. The van der Waals surface area contributed by atoms with Gasteiger partial charge in [-0.25, -0.2) is 9.97 Å². The average Bonchev–Trinajstić information content (AvgIpc) is 3.15. The lowest BCUT2D eigenvalue weighted by Gasteiger charge is -2.35. The third-order valence-electron chi connectivity index (χ3n) is 6.53. The van der Waals surface area contributed by atoms with Gasteiger partial charge in [0.25, 0.3) is 5.91 Å². The molecule has 0 bridgehead atoms. The fraction of sp³-hybridized carbons (Fsp3) is 0.458. The number of piperazine rings is 1. The third kappa shape index (κ3) is 3.81. The Morgan fingerprint density at radius 1 is 1.06 bits per heavy atom. The molecule has 0 N–H and O–H groups in total. The van der Waals surface area contributed by atoms with Crippen molar-refractivity contribution in [3.8, 4) is 0 Å². The molecule has 162 valence electrons. The number of aromatic nitrogens is 2. The molecule has 3 aromatic rings. The SMILES string of the molecule is CCCN1CCN(c2ncnc3sc(C(=O)N4CCc5ccccc5C4)c(C)c23)CC1. The van der Waals surface area contributed by atoms with E-state index in [4.69, 9.17) is 0 Å². The molecule has 7 heteroatoms. The van der Waals surface area contributed by atoms with Crippen molar-refractivity contribution in [1.82, 2.24) is 19.8 Å². The zero-order valence-corrected chi connectivity index (χ0v) is 19.1. The number of fused-ring (bicyclic) bond motifs is 2. The van der Waals surface area contributed by atoms with Crippen LogP contribution in [0.15, 0.2) is 30.6 Å². The highest BCUT2D eigenvalue weighted by molar-refractivity contribution is 7.20. The topological polar surface area (TPSA) is 52.6 Å². The first-order valence-electron chi connectivity index (χ1n) is 11.2. The minimum Gasteiger partial charge on any atom is -0.353 e. The first-order chi connectivity index (χ1) is 15.2. The summed E-state index contributed by atoms with van der Waals surface area (Å²) in [4.78, 5) is 31.2. The van der Waals surface area contributed by atoms with Gasteiger partial charge in [0.05, 0.1) is 10.3 Å². The smallest absolute Gasteiger partial charge is 0.264 e. The van der Waals surface area contributed by atoms with Gasteiger partial charge < -0.3 is 9.80 Å². The molecule has 0 saturated carbocycles. The van der Waals surface area contributed by atoms with E-state index < -0.39 is 0 Å². The molecule has 0 atom stereocenters. The van der Waals surface area contributed by atoms with Crippen molar-refractivity contribution in [2.75, 3.05) is 44.2 Å². The maximum absolute atomic E-state index is 13.5. The molecule has 6 nitrogen and oxygen atoms in total. The van der Waals surface area contributed by atoms with E-state index in [2.05, 4.69) is 57.9 Å². The number of amides is 1. The van der Waals surface area contributed by atoms with Gasteiger partial charge in [0.1, 0.15) is 17.0 Å². The Hall–Kier alpha value is -2.51. The minimum absolute atomic E-state index is 0.119. The van der Waals surface area contributed by atoms with Crippen LogP contribution in [0.1, 0.15) is 39.7 Å². The molecule has 1 amide bonds. The molecule has 2 aromatic heterocycles. The molecule has 31 heavy (non-hydrogen) atoms. The van der Waals surface area contributed by atoms with Crippen molar-refractivity contribution in [3.63, 3.8) is 0 Å². The second-order valence-electron chi connectivity index (χ2n) is 8.51. The molecular weight excluding hydrogens is 406 g/mol. The number of hydrogen-bond acceptors (Lipinski definition) is 6. The van der Waals surface area contributed by atoms with Crippen molar-refractivity contribution in [2.45, 2.75) is 33.2 Å². The van der Waals surface area contributed by atoms with Crippen LogP contribution in [-0.4, -0.2) is 64.9 Å². The fourth-order valence-electron chi connectivity index (χ4n) is 4.81. The van der Waals surface area contributed by atoms with E-state index in [9.17, 15) is 4.79 Å². The molecule has 1 saturated heterocycles. The number of benzene rings is 1. The van der Waals surface area contributed by atoms with Gasteiger partial charge in [0.15, 0.2) is 0 Å². The number of thiophene rings is 1. The summed E-state index contributed by atoms with van der Waals surface area (Å²) in [5, 5.41) is 1.05. The molecule has 1 aromatic carbocycles. The van der Waals surface area contributed by atoms with E-state index in [0.717, 1.165) is 72.2 Å². The molecule has 2 aliphatic heterocycles. The molecule has 0 unspecified atom stereocenters. The summed E-state index contributed by atoms with van der Waals surface area (Å²) < 4.78 is 0. The van der Waals surface area contributed by atoms with E-state index in [0.29, 0.717) is 6.54 Å². The normalized spacial score (nSPS) is 17.2. The van der Waals surface area contributed by atoms with E-state index in [-0.39, 0.29) is 5.91 Å². The monoisotopic (exact) mass is 435 g/mol. The largest absolute Gasteiger partial charge is 0.353 e. The predicted octanol–water partition coefficient (Wildman–Crippen LogP) is 3.73. The van der Waals surface area contributed by atoms with Gasteiger partial charge in [-0.1, -0.05) is 31.2 Å². The first-order valence-corrected chi connectivity index (χ1v) is 12.0. The Morgan fingerprint density at radius 2 is 1.84 bits per heavy atom. The zero-order valence-electron chi connectivity index (χ0n) is 18.3. The maximum Gasteiger partial charge on any atom is 0.264 e. The number of anilines is 1. The van der Waals surface area contributed by atoms with Crippen LogP contribution >= 0.6 is 11.3 Å². The number of rotatable bonds is 4. The Morgan fingerprint density at radius 3 is 2.61 bits per heavy atom. The highest BCUT2D eigenvalue weighted by Gasteiger charge is 2.28. The minimum atomic E-state index is 0.119. The molecule has 0 radical (unpaired) electrons. The van der Waals surface area contributed by atoms with Crippen molar-refractivity contribution in [3.05, 3.63) is 52.2 Å². The Balaban J connectivity index is 1.42. The first kappa shape index (κ1) is 20.4. The number of aryl methyl sites for hydroxylation is 1. The van der Waals surface area contributed by atoms with Gasteiger partial charge in [0.2, 0.25) is 0 Å². The average molecular weight is 436 g/mol. The Kier molecular flexibility index (Phi) is 5.63. The summed E-state index contributed by atoms with van der Waals surface area (Å²) in [7, 11) is 0. The van der Waals surface area contributed by atoms with Gasteiger partial charge in [-0.05, 0) is 43.0 Å². The van der Waals surface area contributed by atoms with Crippen LogP contribution in [0.4, 0.5) is 5.82 Å². The van der Waals surface area contributed by atoms with Crippen LogP contribution in [0.2, 0.25) is 0 Å². The second-order valence-corrected chi connectivity index (χ2v) is 9.51. The Bertz CT molecular complexity index is 1100. The number of nitrogens with zero attached hydrogens (tertiary/aromatic N) is 5. The standard InChI is InChI=1S/C24H29N5OS/c1-3-9-27-11-13-28(14-12-27)22-20-17(2)21(31-23(20)26-16-25-22)24(30)29-10-8-18-6-4-5-7-19(18)15-29/h4-7,16H,3,8-15H2,1-2H3. The molecule has 0 aliphatic carbocycles. The zero-order chi connectivity index (χ0) is 21.4.